The van der Waals surface area contributed by atoms with Gasteiger partial charge in [-0.05, 0) is 56.0 Å². The predicted octanol–water partition coefficient (Wildman–Crippen LogP) is 4.12. The summed E-state index contributed by atoms with van der Waals surface area (Å²) >= 11 is 7.40. The van der Waals surface area contributed by atoms with Gasteiger partial charge < -0.3 is 5.32 Å². The van der Waals surface area contributed by atoms with E-state index in [0.29, 0.717) is 6.04 Å². The Morgan fingerprint density at radius 3 is 2.80 bits per heavy atom. The molecular formula is C12H15Br2N. The lowest BCUT2D eigenvalue weighted by Crippen LogP contribution is -2.22. The van der Waals surface area contributed by atoms with Crippen LogP contribution in [0.5, 0.6) is 0 Å². The molecule has 1 aromatic carbocycles. The number of halogens is 2. The van der Waals surface area contributed by atoms with Crippen LogP contribution in [0.3, 0.4) is 0 Å². The van der Waals surface area contributed by atoms with Gasteiger partial charge in [-0.1, -0.05) is 31.9 Å². The Kier molecular flexibility index (Phi) is 3.53. The summed E-state index contributed by atoms with van der Waals surface area (Å²) in [6.07, 6.45) is 3.69. The van der Waals surface area contributed by atoms with Crippen LogP contribution in [0.4, 0.5) is 0 Å². The van der Waals surface area contributed by atoms with Gasteiger partial charge in [0.2, 0.25) is 0 Å². The fourth-order valence-electron chi connectivity index (χ4n) is 2.35. The highest BCUT2D eigenvalue weighted by molar-refractivity contribution is 9.11. The Labute approximate surface area is 108 Å². The van der Waals surface area contributed by atoms with Crippen LogP contribution in [0.1, 0.15) is 35.6 Å². The molecule has 1 nitrogen and oxygen atoms in total. The standard InChI is InChI=1S/C12H15Br2N/c1-7-6-9(13)8-4-3-5-10(15-2)11(8)12(7)14/h6,10,15H,3-5H2,1-2H3. The second-order valence-electron chi connectivity index (χ2n) is 4.11. The van der Waals surface area contributed by atoms with Crippen molar-refractivity contribution in [1.82, 2.24) is 5.32 Å². The van der Waals surface area contributed by atoms with Gasteiger partial charge in [0, 0.05) is 15.0 Å². The smallest absolute Gasteiger partial charge is 0.0332 e. The van der Waals surface area contributed by atoms with Crippen LogP contribution in [0, 0.1) is 6.92 Å². The monoisotopic (exact) mass is 331 g/mol. The lowest BCUT2D eigenvalue weighted by Gasteiger charge is -2.28. The maximum atomic E-state index is 3.72. The molecule has 0 heterocycles. The molecular weight excluding hydrogens is 318 g/mol. The number of benzene rings is 1. The van der Waals surface area contributed by atoms with Crippen LogP contribution in [0.2, 0.25) is 0 Å². The molecule has 1 unspecified atom stereocenters. The van der Waals surface area contributed by atoms with E-state index in [1.54, 1.807) is 0 Å². The van der Waals surface area contributed by atoms with Gasteiger partial charge in [-0.3, -0.25) is 0 Å². The summed E-state index contributed by atoms with van der Waals surface area (Å²) in [7, 11) is 2.04. The normalized spacial score (nSPS) is 20.1. The zero-order valence-electron chi connectivity index (χ0n) is 9.03. The molecule has 3 heteroatoms. The van der Waals surface area contributed by atoms with Crippen molar-refractivity contribution in [2.24, 2.45) is 0 Å². The summed E-state index contributed by atoms with van der Waals surface area (Å²) in [6, 6.07) is 2.71. The fourth-order valence-corrected chi connectivity index (χ4v) is 3.73. The molecule has 15 heavy (non-hydrogen) atoms. The van der Waals surface area contributed by atoms with Crippen molar-refractivity contribution >= 4 is 31.9 Å². The van der Waals surface area contributed by atoms with Crippen molar-refractivity contribution < 1.29 is 0 Å². The largest absolute Gasteiger partial charge is 0.313 e. The summed E-state index contributed by atoms with van der Waals surface area (Å²) in [4.78, 5) is 0. The zero-order chi connectivity index (χ0) is 11.0. The van der Waals surface area contributed by atoms with Crippen LogP contribution in [0.15, 0.2) is 15.0 Å². The second-order valence-corrected chi connectivity index (χ2v) is 5.76. The first-order valence-corrected chi connectivity index (χ1v) is 6.88. The molecule has 0 saturated carbocycles. The Morgan fingerprint density at radius 1 is 1.40 bits per heavy atom. The third-order valence-corrected chi connectivity index (χ3v) is 4.92. The molecule has 0 aromatic heterocycles. The van der Waals surface area contributed by atoms with E-state index in [1.165, 1.54) is 44.9 Å². The lowest BCUT2D eigenvalue weighted by molar-refractivity contribution is 0.493. The first kappa shape index (κ1) is 11.6. The zero-order valence-corrected chi connectivity index (χ0v) is 12.2. The van der Waals surface area contributed by atoms with Crippen molar-refractivity contribution in [1.29, 1.82) is 0 Å². The maximum absolute atomic E-state index is 3.72. The van der Waals surface area contributed by atoms with E-state index in [9.17, 15) is 0 Å². The second kappa shape index (κ2) is 4.56. The van der Waals surface area contributed by atoms with Gasteiger partial charge in [0.25, 0.3) is 0 Å². The van der Waals surface area contributed by atoms with E-state index in [4.69, 9.17) is 0 Å². The quantitative estimate of drug-likeness (QED) is 0.815. The topological polar surface area (TPSA) is 12.0 Å². The maximum Gasteiger partial charge on any atom is 0.0332 e. The molecule has 1 aliphatic rings. The Balaban J connectivity index is 2.62. The number of hydrogen-bond donors (Lipinski definition) is 1. The minimum absolute atomic E-state index is 0.499. The van der Waals surface area contributed by atoms with Gasteiger partial charge in [-0.15, -0.1) is 0 Å². The van der Waals surface area contributed by atoms with Gasteiger partial charge in [0.15, 0.2) is 0 Å². The Hall–Kier alpha value is 0.140. The van der Waals surface area contributed by atoms with Gasteiger partial charge in [0.05, 0.1) is 0 Å². The van der Waals surface area contributed by atoms with Gasteiger partial charge >= 0.3 is 0 Å². The Bertz CT molecular complexity index is 388. The molecule has 1 N–H and O–H groups in total. The van der Waals surface area contributed by atoms with Crippen LogP contribution < -0.4 is 5.32 Å². The van der Waals surface area contributed by atoms with Gasteiger partial charge in [0.1, 0.15) is 0 Å². The van der Waals surface area contributed by atoms with E-state index in [0.717, 1.165) is 0 Å². The van der Waals surface area contributed by atoms with Crippen molar-refractivity contribution in [2.75, 3.05) is 7.05 Å². The van der Waals surface area contributed by atoms with E-state index in [1.807, 2.05) is 7.05 Å². The summed E-state index contributed by atoms with van der Waals surface area (Å²) in [6.45, 7) is 2.15. The Morgan fingerprint density at radius 2 is 2.13 bits per heavy atom. The predicted molar refractivity (Wildman–Crippen MR) is 71.3 cm³/mol. The van der Waals surface area contributed by atoms with Gasteiger partial charge in [-0.2, -0.15) is 0 Å². The molecule has 0 spiro atoms. The minimum atomic E-state index is 0.499. The van der Waals surface area contributed by atoms with E-state index >= 15 is 0 Å². The number of aryl methyl sites for hydroxylation is 1. The average molecular weight is 333 g/mol. The van der Waals surface area contributed by atoms with Crippen LogP contribution in [-0.2, 0) is 6.42 Å². The van der Waals surface area contributed by atoms with Gasteiger partial charge in [-0.25, -0.2) is 0 Å². The summed E-state index contributed by atoms with van der Waals surface area (Å²) in [5, 5.41) is 3.40. The molecule has 2 rings (SSSR count). The molecule has 0 saturated heterocycles. The van der Waals surface area contributed by atoms with E-state index < -0.39 is 0 Å². The first-order chi connectivity index (χ1) is 7.15. The summed E-state index contributed by atoms with van der Waals surface area (Å²) < 4.78 is 2.54. The number of rotatable bonds is 1. The third kappa shape index (κ3) is 2.02. The van der Waals surface area contributed by atoms with Crippen molar-refractivity contribution in [3.8, 4) is 0 Å². The molecule has 0 fully saturated rings. The highest BCUT2D eigenvalue weighted by Crippen LogP contribution is 2.40. The molecule has 0 radical (unpaired) electrons. The SMILES string of the molecule is CNC1CCCc2c(Br)cc(C)c(Br)c21. The van der Waals surface area contributed by atoms with Crippen molar-refractivity contribution in [3.05, 3.63) is 31.7 Å². The summed E-state index contributed by atoms with van der Waals surface area (Å²) in [5.74, 6) is 0. The number of nitrogens with one attached hydrogen (secondary N) is 1. The highest BCUT2D eigenvalue weighted by atomic mass is 79.9. The average Bonchev–Trinajstić information content (AvgIpc) is 2.25. The lowest BCUT2D eigenvalue weighted by atomic mass is 9.87. The number of hydrogen-bond acceptors (Lipinski definition) is 1. The van der Waals surface area contributed by atoms with Crippen LogP contribution in [0.25, 0.3) is 0 Å². The van der Waals surface area contributed by atoms with E-state index in [-0.39, 0.29) is 0 Å². The molecule has 0 aliphatic heterocycles. The molecule has 82 valence electrons. The molecule has 1 aromatic rings. The highest BCUT2D eigenvalue weighted by Gasteiger charge is 2.24. The fraction of sp³-hybridized carbons (Fsp3) is 0.500. The number of fused-ring (bicyclic) bond motifs is 1. The van der Waals surface area contributed by atoms with Crippen LogP contribution >= 0.6 is 31.9 Å². The van der Waals surface area contributed by atoms with E-state index in [2.05, 4.69) is 50.2 Å². The molecule has 1 aliphatic carbocycles. The summed E-state index contributed by atoms with van der Waals surface area (Å²) in [5.41, 5.74) is 4.23. The van der Waals surface area contributed by atoms with Crippen LogP contribution in [-0.4, -0.2) is 7.05 Å². The molecule has 0 bridgehead atoms. The molecule has 0 amide bonds. The molecule has 1 atom stereocenters. The van der Waals surface area contributed by atoms with Crippen molar-refractivity contribution in [3.63, 3.8) is 0 Å². The third-order valence-electron chi connectivity index (χ3n) is 3.16. The minimum Gasteiger partial charge on any atom is -0.313 e. The first-order valence-electron chi connectivity index (χ1n) is 5.29. The van der Waals surface area contributed by atoms with Crippen molar-refractivity contribution in [2.45, 2.75) is 32.2 Å².